The predicted octanol–water partition coefficient (Wildman–Crippen LogP) is 1.93. The van der Waals surface area contributed by atoms with Gasteiger partial charge in [0.05, 0.1) is 13.2 Å². The number of hydrogen-bond donors (Lipinski definition) is 2. The maximum atomic E-state index is 12.5. The number of amides is 3. The topological polar surface area (TPSA) is 87.7 Å². The molecule has 3 rings (SSSR count). The van der Waals surface area contributed by atoms with Gasteiger partial charge in [-0.1, -0.05) is 49.6 Å². The molecule has 1 heterocycles. The SMILES string of the molecule is O=C(NCCCC(=O)N1CCOC(c2ccccc2)C1)C(=O)NC1CCCCC1. The molecule has 0 spiro atoms. The van der Waals surface area contributed by atoms with Gasteiger partial charge in [-0.25, -0.2) is 0 Å². The lowest BCUT2D eigenvalue weighted by molar-refractivity contribution is -0.140. The molecule has 1 saturated heterocycles. The van der Waals surface area contributed by atoms with E-state index in [-0.39, 0.29) is 18.1 Å². The normalized spacial score (nSPS) is 20.1. The Balaban J connectivity index is 1.34. The van der Waals surface area contributed by atoms with Crippen LogP contribution in [0.4, 0.5) is 0 Å². The quantitative estimate of drug-likeness (QED) is 0.563. The number of rotatable bonds is 6. The molecule has 1 aromatic carbocycles. The molecule has 2 fully saturated rings. The monoisotopic (exact) mass is 401 g/mol. The summed E-state index contributed by atoms with van der Waals surface area (Å²) in [5, 5.41) is 5.42. The van der Waals surface area contributed by atoms with Crippen molar-refractivity contribution in [3.05, 3.63) is 35.9 Å². The summed E-state index contributed by atoms with van der Waals surface area (Å²) in [6, 6.07) is 10.0. The van der Waals surface area contributed by atoms with E-state index in [0.717, 1.165) is 31.2 Å². The summed E-state index contributed by atoms with van der Waals surface area (Å²) in [6.45, 7) is 1.95. The van der Waals surface area contributed by atoms with Crippen LogP contribution < -0.4 is 10.6 Å². The van der Waals surface area contributed by atoms with Crippen molar-refractivity contribution < 1.29 is 19.1 Å². The number of ether oxygens (including phenoxy) is 1. The van der Waals surface area contributed by atoms with Gasteiger partial charge in [0.25, 0.3) is 0 Å². The fraction of sp³-hybridized carbons (Fsp3) is 0.591. The van der Waals surface area contributed by atoms with Crippen molar-refractivity contribution in [2.24, 2.45) is 0 Å². The molecular weight excluding hydrogens is 370 g/mol. The Labute approximate surface area is 172 Å². The Hall–Kier alpha value is -2.41. The van der Waals surface area contributed by atoms with Gasteiger partial charge in [-0.05, 0) is 24.8 Å². The summed E-state index contributed by atoms with van der Waals surface area (Å²) >= 11 is 0. The molecule has 1 aliphatic carbocycles. The number of nitrogens with one attached hydrogen (secondary N) is 2. The molecule has 0 bridgehead atoms. The summed E-state index contributed by atoms with van der Waals surface area (Å²) < 4.78 is 5.79. The highest BCUT2D eigenvalue weighted by molar-refractivity contribution is 6.35. The van der Waals surface area contributed by atoms with Crippen LogP contribution in [0.1, 0.15) is 56.6 Å². The van der Waals surface area contributed by atoms with Crippen molar-refractivity contribution in [1.82, 2.24) is 15.5 Å². The highest BCUT2D eigenvalue weighted by atomic mass is 16.5. The van der Waals surface area contributed by atoms with Gasteiger partial charge in [0.15, 0.2) is 0 Å². The molecule has 2 N–H and O–H groups in total. The van der Waals surface area contributed by atoms with Crippen molar-refractivity contribution in [3.63, 3.8) is 0 Å². The van der Waals surface area contributed by atoms with Crippen LogP contribution in [0.3, 0.4) is 0 Å². The Morgan fingerprint density at radius 1 is 1.03 bits per heavy atom. The van der Waals surface area contributed by atoms with E-state index in [1.807, 2.05) is 35.2 Å². The van der Waals surface area contributed by atoms with Crippen molar-refractivity contribution in [3.8, 4) is 0 Å². The van der Waals surface area contributed by atoms with E-state index < -0.39 is 11.8 Å². The average molecular weight is 402 g/mol. The lowest BCUT2D eigenvalue weighted by Crippen LogP contribution is -2.45. The number of carbonyl (C=O) groups excluding carboxylic acids is 3. The maximum absolute atomic E-state index is 12.5. The highest BCUT2D eigenvalue weighted by Gasteiger charge is 2.25. The van der Waals surface area contributed by atoms with Crippen LogP contribution in [-0.4, -0.2) is 54.9 Å². The van der Waals surface area contributed by atoms with E-state index in [1.54, 1.807) is 0 Å². The van der Waals surface area contributed by atoms with Crippen LogP contribution in [0.15, 0.2) is 30.3 Å². The highest BCUT2D eigenvalue weighted by Crippen LogP contribution is 2.22. The molecule has 3 amide bonds. The first kappa shape index (κ1) is 21.3. The largest absolute Gasteiger partial charge is 0.370 e. The minimum Gasteiger partial charge on any atom is -0.370 e. The number of carbonyl (C=O) groups is 3. The minimum absolute atomic E-state index is 0.0511. The van der Waals surface area contributed by atoms with Gasteiger partial charge in [-0.2, -0.15) is 0 Å². The third kappa shape index (κ3) is 6.56. The zero-order chi connectivity index (χ0) is 20.5. The number of nitrogens with zero attached hydrogens (tertiary/aromatic N) is 1. The zero-order valence-corrected chi connectivity index (χ0v) is 16.9. The molecule has 2 aliphatic rings. The number of hydrogen-bond acceptors (Lipinski definition) is 4. The number of benzene rings is 1. The molecular formula is C22H31N3O4. The first-order valence-corrected chi connectivity index (χ1v) is 10.7. The summed E-state index contributed by atoms with van der Waals surface area (Å²) in [7, 11) is 0. The summed E-state index contributed by atoms with van der Waals surface area (Å²) in [5.74, 6) is -1.13. The van der Waals surface area contributed by atoms with Crippen LogP contribution in [0.2, 0.25) is 0 Å². The van der Waals surface area contributed by atoms with Crippen molar-refractivity contribution in [2.75, 3.05) is 26.2 Å². The summed E-state index contributed by atoms with van der Waals surface area (Å²) in [5.41, 5.74) is 1.07. The molecule has 1 unspecified atom stereocenters. The van der Waals surface area contributed by atoms with Gasteiger partial charge in [-0.3, -0.25) is 14.4 Å². The van der Waals surface area contributed by atoms with E-state index in [2.05, 4.69) is 10.6 Å². The molecule has 1 aliphatic heterocycles. The van der Waals surface area contributed by atoms with Crippen molar-refractivity contribution in [2.45, 2.75) is 57.1 Å². The Kier molecular flexibility index (Phi) is 8.04. The molecule has 0 radical (unpaired) electrons. The van der Waals surface area contributed by atoms with Crippen molar-refractivity contribution >= 4 is 17.7 Å². The smallest absolute Gasteiger partial charge is 0.309 e. The molecule has 7 nitrogen and oxygen atoms in total. The molecule has 1 atom stereocenters. The van der Waals surface area contributed by atoms with Gasteiger partial charge in [-0.15, -0.1) is 0 Å². The maximum Gasteiger partial charge on any atom is 0.309 e. The number of morpholine rings is 1. The van der Waals surface area contributed by atoms with E-state index >= 15 is 0 Å². The van der Waals surface area contributed by atoms with E-state index in [1.165, 1.54) is 6.42 Å². The second kappa shape index (κ2) is 11.0. The average Bonchev–Trinajstić information content (AvgIpc) is 2.77. The Morgan fingerprint density at radius 3 is 2.55 bits per heavy atom. The molecule has 7 heteroatoms. The minimum atomic E-state index is -0.612. The lowest BCUT2D eigenvalue weighted by atomic mass is 9.95. The van der Waals surface area contributed by atoms with Gasteiger partial charge < -0.3 is 20.3 Å². The van der Waals surface area contributed by atoms with Crippen molar-refractivity contribution in [1.29, 1.82) is 0 Å². The van der Waals surface area contributed by atoms with Gasteiger partial charge in [0, 0.05) is 25.6 Å². The Morgan fingerprint density at radius 2 is 1.79 bits per heavy atom. The molecule has 1 aromatic rings. The Bertz CT molecular complexity index is 689. The standard InChI is InChI=1S/C22H31N3O4/c26-20(25-14-15-29-19(16-25)17-8-3-1-4-9-17)12-7-13-23-21(27)22(28)24-18-10-5-2-6-11-18/h1,3-4,8-9,18-19H,2,5-7,10-16H2,(H,23,27)(H,24,28). The third-order valence-electron chi connectivity index (χ3n) is 5.59. The fourth-order valence-corrected chi connectivity index (χ4v) is 3.92. The van der Waals surface area contributed by atoms with E-state index in [9.17, 15) is 14.4 Å². The fourth-order valence-electron chi connectivity index (χ4n) is 3.92. The van der Waals surface area contributed by atoms with Crippen LogP contribution >= 0.6 is 0 Å². The van der Waals surface area contributed by atoms with Gasteiger partial charge in [0.1, 0.15) is 6.10 Å². The van der Waals surface area contributed by atoms with Gasteiger partial charge >= 0.3 is 11.8 Å². The molecule has 1 saturated carbocycles. The molecule has 29 heavy (non-hydrogen) atoms. The predicted molar refractivity (Wildman–Crippen MR) is 109 cm³/mol. The van der Waals surface area contributed by atoms with E-state index in [4.69, 9.17) is 4.74 Å². The summed E-state index contributed by atoms with van der Waals surface area (Å²) in [4.78, 5) is 38.2. The van der Waals surface area contributed by atoms with Gasteiger partial charge in [0.2, 0.25) is 5.91 Å². The molecule has 0 aromatic heterocycles. The second-order valence-corrected chi connectivity index (χ2v) is 7.78. The lowest BCUT2D eigenvalue weighted by Gasteiger charge is -2.33. The first-order valence-electron chi connectivity index (χ1n) is 10.7. The third-order valence-corrected chi connectivity index (χ3v) is 5.59. The van der Waals surface area contributed by atoms with Crippen LogP contribution in [0, 0.1) is 0 Å². The zero-order valence-electron chi connectivity index (χ0n) is 16.9. The van der Waals surface area contributed by atoms with Crippen LogP contribution in [-0.2, 0) is 19.1 Å². The summed E-state index contributed by atoms with van der Waals surface area (Å²) in [6.07, 6.45) is 6.02. The molecule has 158 valence electrons. The first-order chi connectivity index (χ1) is 14.1. The second-order valence-electron chi connectivity index (χ2n) is 7.78. The van der Waals surface area contributed by atoms with Crippen LogP contribution in [0.5, 0.6) is 0 Å². The van der Waals surface area contributed by atoms with E-state index in [0.29, 0.717) is 39.1 Å². The van der Waals surface area contributed by atoms with Crippen LogP contribution in [0.25, 0.3) is 0 Å².